The predicted molar refractivity (Wildman–Crippen MR) is 85.1 cm³/mol. The van der Waals surface area contributed by atoms with E-state index in [4.69, 9.17) is 19.3 Å². The largest absolute Gasteiger partial charge is 0.462 e. The van der Waals surface area contributed by atoms with E-state index in [1.807, 2.05) is 6.07 Å². The summed E-state index contributed by atoms with van der Waals surface area (Å²) in [5.74, 6) is -0.221. The first-order valence-electron chi connectivity index (χ1n) is 7.05. The lowest BCUT2D eigenvalue weighted by Crippen LogP contribution is -2.36. The molecule has 0 spiro atoms. The van der Waals surface area contributed by atoms with Crippen LogP contribution in [-0.4, -0.2) is 31.6 Å². The molecule has 0 aliphatic carbocycles. The number of carbonyl (C=O) groups excluding carboxylic acids is 1. The molecular formula is C15H21N2O5P. The summed E-state index contributed by atoms with van der Waals surface area (Å²) in [5.41, 5.74) is 0.459. The molecule has 1 rings (SSSR count). The van der Waals surface area contributed by atoms with Gasteiger partial charge in [-0.15, -0.1) is 0 Å². The molecule has 0 saturated heterocycles. The van der Waals surface area contributed by atoms with Gasteiger partial charge in [-0.2, -0.15) is 5.26 Å². The number of carbonyl (C=O) groups is 1. The third-order valence-corrected chi connectivity index (χ3v) is 4.52. The first kappa shape index (κ1) is 19.2. The van der Waals surface area contributed by atoms with Crippen molar-refractivity contribution >= 4 is 13.5 Å². The Kier molecular flexibility index (Phi) is 7.24. The van der Waals surface area contributed by atoms with Crippen LogP contribution >= 0.6 is 7.52 Å². The number of ether oxygens (including phenoxy) is 2. The van der Waals surface area contributed by atoms with Crippen molar-refractivity contribution in [2.24, 2.45) is 0 Å². The third-order valence-electron chi connectivity index (χ3n) is 2.63. The fourth-order valence-corrected chi connectivity index (χ4v) is 3.38. The summed E-state index contributed by atoms with van der Waals surface area (Å²) in [4.78, 5) is 11.8. The van der Waals surface area contributed by atoms with Crippen molar-refractivity contribution in [3.63, 3.8) is 0 Å². The highest BCUT2D eigenvalue weighted by molar-refractivity contribution is 7.57. The van der Waals surface area contributed by atoms with Crippen LogP contribution < -0.4 is 9.61 Å². The lowest BCUT2D eigenvalue weighted by molar-refractivity contribution is -0.149. The maximum absolute atomic E-state index is 12.8. The maximum Gasteiger partial charge on any atom is 0.342 e. The number of nitrogens with zero attached hydrogens (tertiary/aromatic N) is 1. The van der Waals surface area contributed by atoms with E-state index >= 15 is 0 Å². The normalized spacial score (nSPS) is 14.6. The van der Waals surface area contributed by atoms with E-state index < -0.39 is 19.5 Å². The molecule has 0 heterocycles. The van der Waals surface area contributed by atoms with E-state index in [9.17, 15) is 9.36 Å². The number of hydrogen-bond acceptors (Lipinski definition) is 6. The van der Waals surface area contributed by atoms with Gasteiger partial charge in [0.05, 0.1) is 17.7 Å². The molecule has 0 bridgehead atoms. The van der Waals surface area contributed by atoms with Gasteiger partial charge in [0.1, 0.15) is 18.1 Å². The summed E-state index contributed by atoms with van der Waals surface area (Å²) in [5, 5.41) is 11.4. The minimum Gasteiger partial charge on any atom is -0.462 e. The van der Waals surface area contributed by atoms with Gasteiger partial charge in [-0.1, -0.05) is 0 Å². The summed E-state index contributed by atoms with van der Waals surface area (Å²) in [7, 11) is -2.09. The van der Waals surface area contributed by atoms with Crippen LogP contribution in [0.2, 0.25) is 0 Å². The molecule has 1 aromatic carbocycles. The Balaban J connectivity index is 2.83. The lowest BCUT2D eigenvalue weighted by atomic mass is 10.2. The van der Waals surface area contributed by atoms with Crippen molar-refractivity contribution in [1.82, 2.24) is 5.09 Å². The number of hydrogen-bond donors (Lipinski definition) is 1. The Morgan fingerprint density at radius 1 is 1.30 bits per heavy atom. The fraction of sp³-hybridized carbons (Fsp3) is 0.467. The second kappa shape index (κ2) is 8.68. The summed E-state index contributed by atoms with van der Waals surface area (Å²) in [6, 6.07) is 7.30. The predicted octanol–water partition coefficient (Wildman–Crippen LogP) is 2.66. The van der Waals surface area contributed by atoms with Crippen LogP contribution in [0, 0.1) is 11.3 Å². The van der Waals surface area contributed by atoms with E-state index in [1.165, 1.54) is 26.2 Å². The Morgan fingerprint density at radius 3 is 2.39 bits per heavy atom. The number of benzene rings is 1. The maximum atomic E-state index is 12.8. The second-order valence-corrected chi connectivity index (χ2v) is 7.20. The molecule has 1 unspecified atom stereocenters. The number of esters is 1. The Hall–Kier alpha value is -1.87. The molecule has 0 aromatic heterocycles. The third kappa shape index (κ3) is 6.41. The number of rotatable bonds is 8. The molecule has 23 heavy (non-hydrogen) atoms. The summed E-state index contributed by atoms with van der Waals surface area (Å²) >= 11 is 0. The molecule has 0 aliphatic rings. The number of nitrogens with one attached hydrogen (secondary N) is 1. The van der Waals surface area contributed by atoms with Crippen molar-refractivity contribution in [3.05, 3.63) is 29.8 Å². The van der Waals surface area contributed by atoms with Gasteiger partial charge in [0, 0.05) is 7.11 Å². The van der Waals surface area contributed by atoms with Crippen LogP contribution in [0.25, 0.3) is 0 Å². The van der Waals surface area contributed by atoms with Gasteiger partial charge in [-0.05, 0) is 45.0 Å². The Bertz CT molecular complexity index is 609. The molecular weight excluding hydrogens is 319 g/mol. The van der Waals surface area contributed by atoms with E-state index in [-0.39, 0.29) is 12.5 Å². The zero-order valence-electron chi connectivity index (χ0n) is 13.6. The fourth-order valence-electron chi connectivity index (χ4n) is 1.70. The second-order valence-electron chi connectivity index (χ2n) is 5.16. The minimum atomic E-state index is -3.47. The monoisotopic (exact) mass is 340 g/mol. The molecule has 7 nitrogen and oxygen atoms in total. The first-order valence-corrected chi connectivity index (χ1v) is 8.86. The van der Waals surface area contributed by atoms with Crippen molar-refractivity contribution in [2.75, 3.05) is 13.5 Å². The molecule has 0 fully saturated rings. The molecule has 0 aliphatic heterocycles. The Morgan fingerprint density at radius 2 is 1.91 bits per heavy atom. The van der Waals surface area contributed by atoms with Gasteiger partial charge in [0.25, 0.3) is 0 Å². The quantitative estimate of drug-likeness (QED) is 0.574. The summed E-state index contributed by atoms with van der Waals surface area (Å²) in [6.07, 6.45) is -0.486. The summed E-state index contributed by atoms with van der Waals surface area (Å²) in [6.45, 7) is 4.99. The lowest BCUT2D eigenvalue weighted by Gasteiger charge is -2.23. The van der Waals surface area contributed by atoms with Crippen molar-refractivity contribution in [3.8, 4) is 11.8 Å². The summed E-state index contributed by atoms with van der Waals surface area (Å²) < 4.78 is 28.3. The zero-order valence-corrected chi connectivity index (χ0v) is 14.5. The van der Waals surface area contributed by atoms with Gasteiger partial charge in [-0.25, -0.2) is 5.09 Å². The topological polar surface area (TPSA) is 97.7 Å². The van der Waals surface area contributed by atoms with Crippen LogP contribution in [0.1, 0.15) is 26.3 Å². The van der Waals surface area contributed by atoms with Crippen LogP contribution in [0.4, 0.5) is 0 Å². The zero-order chi connectivity index (χ0) is 17.5. The molecule has 1 N–H and O–H groups in total. The number of nitriles is 1. The standard InChI is InChI=1S/C15H21N2O5P/c1-11(2)21-15(18)12(3)17-23(19,10-20-4)22-14-7-5-13(9-16)6-8-14/h5-8,11-12H,10H2,1-4H3,(H,17,19)/t12-,23?/m0/s1. The van der Waals surface area contributed by atoms with Crippen molar-refractivity contribution < 1.29 is 23.4 Å². The molecule has 0 radical (unpaired) electrons. The van der Waals surface area contributed by atoms with Crippen LogP contribution in [0.15, 0.2) is 24.3 Å². The van der Waals surface area contributed by atoms with Crippen molar-refractivity contribution in [1.29, 1.82) is 5.26 Å². The molecule has 126 valence electrons. The SMILES string of the molecule is COCP(=O)(N[C@@H](C)C(=O)OC(C)C)Oc1ccc(C#N)cc1. The van der Waals surface area contributed by atoms with E-state index in [0.717, 1.165) is 0 Å². The molecule has 2 atom stereocenters. The van der Waals surface area contributed by atoms with E-state index in [1.54, 1.807) is 26.0 Å². The van der Waals surface area contributed by atoms with Gasteiger partial charge < -0.3 is 14.0 Å². The molecule has 0 saturated carbocycles. The van der Waals surface area contributed by atoms with Gasteiger partial charge in [0.15, 0.2) is 0 Å². The first-order chi connectivity index (χ1) is 10.8. The highest BCUT2D eigenvalue weighted by atomic mass is 31.2. The van der Waals surface area contributed by atoms with Crippen LogP contribution in [-0.2, 0) is 18.8 Å². The van der Waals surface area contributed by atoms with Gasteiger partial charge in [-0.3, -0.25) is 9.36 Å². The Labute approximate surface area is 136 Å². The van der Waals surface area contributed by atoms with Gasteiger partial charge in [0.2, 0.25) is 0 Å². The average molecular weight is 340 g/mol. The highest BCUT2D eigenvalue weighted by Crippen LogP contribution is 2.43. The minimum absolute atomic E-state index is 0.216. The average Bonchev–Trinajstić information content (AvgIpc) is 2.47. The van der Waals surface area contributed by atoms with Gasteiger partial charge >= 0.3 is 13.5 Å². The van der Waals surface area contributed by atoms with E-state index in [2.05, 4.69) is 5.09 Å². The van der Waals surface area contributed by atoms with Crippen LogP contribution in [0.3, 0.4) is 0 Å². The molecule has 0 amide bonds. The van der Waals surface area contributed by atoms with E-state index in [0.29, 0.717) is 11.3 Å². The number of methoxy groups -OCH3 is 1. The smallest absolute Gasteiger partial charge is 0.342 e. The van der Waals surface area contributed by atoms with Crippen molar-refractivity contribution in [2.45, 2.75) is 32.9 Å². The van der Waals surface area contributed by atoms with Crippen LogP contribution in [0.5, 0.6) is 5.75 Å². The molecule has 1 aromatic rings. The molecule has 8 heteroatoms. The highest BCUT2D eigenvalue weighted by Gasteiger charge is 2.30.